The van der Waals surface area contributed by atoms with Crippen molar-refractivity contribution in [2.24, 2.45) is 0 Å². The summed E-state index contributed by atoms with van der Waals surface area (Å²) < 4.78 is 13.6. The van der Waals surface area contributed by atoms with Crippen molar-refractivity contribution in [1.82, 2.24) is 4.57 Å². The molecule has 0 aliphatic carbocycles. The van der Waals surface area contributed by atoms with Crippen LogP contribution in [0.3, 0.4) is 0 Å². The highest BCUT2D eigenvalue weighted by atomic mass is 32.2. The van der Waals surface area contributed by atoms with E-state index >= 15 is 0 Å². The van der Waals surface area contributed by atoms with Crippen molar-refractivity contribution in [2.75, 3.05) is 18.6 Å². The van der Waals surface area contributed by atoms with Gasteiger partial charge in [0, 0.05) is 35.5 Å². The molecule has 0 N–H and O–H groups in total. The number of pyridine rings is 1. The first-order valence-electron chi connectivity index (χ1n) is 8.37. The molecule has 1 aliphatic rings. The van der Waals surface area contributed by atoms with Crippen LogP contribution in [0.15, 0.2) is 35.1 Å². The van der Waals surface area contributed by atoms with Crippen LogP contribution in [0.1, 0.15) is 23.4 Å². The van der Waals surface area contributed by atoms with E-state index in [1.54, 1.807) is 19.2 Å². The Morgan fingerprint density at radius 1 is 1.16 bits per heavy atom. The lowest BCUT2D eigenvalue weighted by Gasteiger charge is -2.16. The van der Waals surface area contributed by atoms with Crippen molar-refractivity contribution >= 4 is 24.0 Å². The third-order valence-corrected chi connectivity index (χ3v) is 5.38. The molecule has 2 heterocycles. The molecule has 0 saturated carbocycles. The van der Waals surface area contributed by atoms with Crippen LogP contribution in [0.4, 0.5) is 0 Å². The summed E-state index contributed by atoms with van der Waals surface area (Å²) >= 11 is 1.92. The van der Waals surface area contributed by atoms with Crippen LogP contribution < -0.4 is 14.9 Å². The molecule has 25 heavy (non-hydrogen) atoms. The Hall–Kier alpha value is -2.14. The first-order chi connectivity index (χ1) is 12.1. The Balaban J connectivity index is 1.86. The summed E-state index contributed by atoms with van der Waals surface area (Å²) in [6.07, 6.45) is 5.31. The lowest BCUT2D eigenvalue weighted by molar-refractivity contribution is 0.218. The van der Waals surface area contributed by atoms with Gasteiger partial charge in [0.25, 0.3) is 0 Å². The molecule has 3 rings (SSSR count). The number of thioether (sulfide) groups is 1. The minimum atomic E-state index is 0.0363. The highest BCUT2D eigenvalue weighted by Gasteiger charge is 2.18. The van der Waals surface area contributed by atoms with Crippen molar-refractivity contribution in [2.45, 2.75) is 26.4 Å². The number of ether oxygens (including phenoxy) is 2. The third kappa shape index (κ3) is 4.28. The summed E-state index contributed by atoms with van der Waals surface area (Å²) in [6, 6.07) is 9.21. The zero-order valence-corrected chi connectivity index (χ0v) is 15.6. The van der Waals surface area contributed by atoms with E-state index < -0.39 is 0 Å². The van der Waals surface area contributed by atoms with E-state index in [9.17, 15) is 4.79 Å². The average Bonchev–Trinajstić information content (AvgIpc) is 3.07. The minimum Gasteiger partial charge on any atom is -0.493 e. The molecule has 132 valence electrons. The SMILES string of the molecule is COc1ccc(/C=C/n2c(C)cc(=O)cc2C)cc1O[C@H]1CCSC1. The van der Waals surface area contributed by atoms with Gasteiger partial charge in [0.05, 0.1) is 7.11 Å². The smallest absolute Gasteiger partial charge is 0.182 e. The van der Waals surface area contributed by atoms with Crippen LogP contribution >= 0.6 is 11.8 Å². The van der Waals surface area contributed by atoms with Gasteiger partial charge >= 0.3 is 0 Å². The summed E-state index contributed by atoms with van der Waals surface area (Å²) in [7, 11) is 1.66. The van der Waals surface area contributed by atoms with Crippen LogP contribution in [0, 0.1) is 13.8 Å². The molecule has 1 saturated heterocycles. The topological polar surface area (TPSA) is 40.5 Å². The standard InChI is InChI=1S/C20H23NO3S/c1-14-10-17(22)11-15(2)21(14)8-6-16-4-5-19(23-3)20(12-16)24-18-7-9-25-13-18/h4-6,8,10-12,18H,7,9,13H2,1-3H3/b8-6+/t18-/m0/s1. The number of methoxy groups -OCH3 is 1. The van der Waals surface area contributed by atoms with E-state index in [-0.39, 0.29) is 11.5 Å². The van der Waals surface area contributed by atoms with Gasteiger partial charge in [-0.25, -0.2) is 0 Å². The predicted molar refractivity (Wildman–Crippen MR) is 105 cm³/mol. The molecular weight excluding hydrogens is 334 g/mol. The van der Waals surface area contributed by atoms with E-state index in [1.165, 1.54) is 0 Å². The minimum absolute atomic E-state index is 0.0363. The normalized spacial score (nSPS) is 17.2. The van der Waals surface area contributed by atoms with Crippen LogP contribution in [0.5, 0.6) is 11.5 Å². The van der Waals surface area contributed by atoms with Crippen molar-refractivity contribution in [3.8, 4) is 11.5 Å². The van der Waals surface area contributed by atoms with Gasteiger partial charge in [0.1, 0.15) is 6.10 Å². The second-order valence-corrected chi connectivity index (χ2v) is 7.32. The van der Waals surface area contributed by atoms with Gasteiger partial charge in [-0.1, -0.05) is 6.07 Å². The first kappa shape index (κ1) is 17.7. The van der Waals surface area contributed by atoms with Crippen LogP contribution in [-0.4, -0.2) is 29.3 Å². The Labute approximate surface area is 152 Å². The molecule has 0 spiro atoms. The molecule has 0 bridgehead atoms. The Morgan fingerprint density at radius 3 is 2.56 bits per heavy atom. The second kappa shape index (κ2) is 7.83. The van der Waals surface area contributed by atoms with E-state index in [1.807, 2.05) is 60.7 Å². The highest BCUT2D eigenvalue weighted by molar-refractivity contribution is 7.99. The number of rotatable bonds is 5. The summed E-state index contributed by atoms with van der Waals surface area (Å²) in [4.78, 5) is 11.5. The molecule has 0 amide bonds. The van der Waals surface area contributed by atoms with Crippen molar-refractivity contribution in [1.29, 1.82) is 0 Å². The van der Waals surface area contributed by atoms with Gasteiger partial charge in [0.15, 0.2) is 16.9 Å². The highest BCUT2D eigenvalue weighted by Crippen LogP contribution is 2.32. The fourth-order valence-corrected chi connectivity index (χ4v) is 4.03. The molecule has 1 aromatic heterocycles. The van der Waals surface area contributed by atoms with Gasteiger partial charge in [0.2, 0.25) is 0 Å². The Bertz CT molecular complexity index is 809. The number of aryl methyl sites for hydroxylation is 2. The molecule has 1 aromatic carbocycles. The fraction of sp³-hybridized carbons (Fsp3) is 0.350. The average molecular weight is 357 g/mol. The fourth-order valence-electron chi connectivity index (χ4n) is 2.94. The molecule has 2 aromatic rings. The zero-order valence-electron chi connectivity index (χ0n) is 14.8. The maximum Gasteiger partial charge on any atom is 0.182 e. The lowest BCUT2D eigenvalue weighted by atomic mass is 10.2. The van der Waals surface area contributed by atoms with E-state index in [4.69, 9.17) is 9.47 Å². The van der Waals surface area contributed by atoms with Gasteiger partial charge in [-0.15, -0.1) is 0 Å². The number of hydrogen-bond acceptors (Lipinski definition) is 4. The van der Waals surface area contributed by atoms with Gasteiger partial charge in [-0.05, 0) is 49.8 Å². The monoisotopic (exact) mass is 357 g/mol. The van der Waals surface area contributed by atoms with Gasteiger partial charge < -0.3 is 14.0 Å². The van der Waals surface area contributed by atoms with E-state index in [0.717, 1.165) is 46.4 Å². The first-order valence-corrected chi connectivity index (χ1v) is 9.53. The molecular formula is C20H23NO3S. The Kier molecular flexibility index (Phi) is 5.53. The third-order valence-electron chi connectivity index (χ3n) is 4.25. The summed E-state index contributed by atoms with van der Waals surface area (Å²) in [5, 5.41) is 0. The van der Waals surface area contributed by atoms with Crippen molar-refractivity contribution in [3.63, 3.8) is 0 Å². The second-order valence-electron chi connectivity index (χ2n) is 6.17. The van der Waals surface area contributed by atoms with E-state index in [2.05, 4.69) is 0 Å². The molecule has 5 heteroatoms. The molecule has 1 fully saturated rings. The van der Waals surface area contributed by atoms with Crippen LogP contribution in [-0.2, 0) is 0 Å². The number of nitrogens with zero attached hydrogens (tertiary/aromatic N) is 1. The number of benzene rings is 1. The molecule has 0 unspecified atom stereocenters. The Morgan fingerprint density at radius 2 is 1.92 bits per heavy atom. The maximum absolute atomic E-state index is 11.5. The van der Waals surface area contributed by atoms with Gasteiger partial charge in [-0.3, -0.25) is 4.79 Å². The lowest BCUT2D eigenvalue weighted by Crippen LogP contribution is -2.15. The van der Waals surface area contributed by atoms with Gasteiger partial charge in [-0.2, -0.15) is 11.8 Å². The van der Waals surface area contributed by atoms with E-state index in [0.29, 0.717) is 0 Å². The van der Waals surface area contributed by atoms with Crippen LogP contribution in [0.2, 0.25) is 0 Å². The zero-order chi connectivity index (χ0) is 17.8. The summed E-state index contributed by atoms with van der Waals surface area (Å²) in [5.74, 6) is 3.71. The number of aromatic nitrogens is 1. The quantitative estimate of drug-likeness (QED) is 0.811. The predicted octanol–water partition coefficient (Wildman–Crippen LogP) is 3.99. The summed E-state index contributed by atoms with van der Waals surface area (Å²) in [5.41, 5.74) is 2.89. The van der Waals surface area contributed by atoms with Crippen molar-refractivity contribution < 1.29 is 9.47 Å². The molecule has 0 radical (unpaired) electrons. The number of hydrogen-bond donors (Lipinski definition) is 0. The molecule has 4 nitrogen and oxygen atoms in total. The summed E-state index contributed by atoms with van der Waals surface area (Å²) in [6.45, 7) is 3.86. The van der Waals surface area contributed by atoms with Crippen molar-refractivity contribution in [3.05, 3.63) is 57.5 Å². The molecule has 1 atom stereocenters. The maximum atomic E-state index is 11.5. The van der Waals surface area contributed by atoms with Crippen LogP contribution in [0.25, 0.3) is 12.3 Å². The molecule has 1 aliphatic heterocycles. The largest absolute Gasteiger partial charge is 0.493 e.